The number of ether oxygens (including phenoxy) is 1. The molecule has 0 unspecified atom stereocenters. The Bertz CT molecular complexity index is 2880. The van der Waals surface area contributed by atoms with Gasteiger partial charge < -0.3 is 9.64 Å². The molecule has 9 aromatic carbocycles. The number of aryl methyl sites for hydroxylation is 2. The summed E-state index contributed by atoms with van der Waals surface area (Å²) in [6.07, 6.45) is 0. The van der Waals surface area contributed by atoms with E-state index in [4.69, 9.17) is 4.74 Å². The molecule has 59 heavy (non-hydrogen) atoms. The molecule has 0 aromatic heterocycles. The summed E-state index contributed by atoms with van der Waals surface area (Å²) >= 11 is 0. The molecule has 2 aliphatic rings. The molecule has 1 aliphatic heterocycles. The van der Waals surface area contributed by atoms with E-state index in [-0.39, 0.29) is 0 Å². The lowest BCUT2D eigenvalue weighted by Crippen LogP contribution is -2.30. The van der Waals surface area contributed by atoms with E-state index in [1.54, 1.807) is 0 Å². The standard InChI is InChI=1S/C57H41NO/c1-38-34-39(2)55-50(35-38)49-25-15-24-48(56(49)57(55,45-20-11-5-12-21-45)46-22-13-6-14-23-46)42-26-30-47(31-27-42)58-51-32-28-43(40-16-7-3-8-17-40)36-53(51)59-54-37-44(29-33-52(54)58)41-18-9-4-10-19-41/h3-37H,1-2H3. The Labute approximate surface area is 346 Å². The first-order valence-corrected chi connectivity index (χ1v) is 20.4. The molecule has 1 heterocycles. The summed E-state index contributed by atoms with van der Waals surface area (Å²) < 4.78 is 6.81. The molecule has 0 radical (unpaired) electrons. The van der Waals surface area contributed by atoms with Gasteiger partial charge in [-0.1, -0.05) is 181 Å². The van der Waals surface area contributed by atoms with Crippen LogP contribution in [0.15, 0.2) is 212 Å². The molecule has 0 amide bonds. The summed E-state index contributed by atoms with van der Waals surface area (Å²) in [5.41, 5.74) is 20.0. The molecule has 11 rings (SSSR count). The Balaban J connectivity index is 1.09. The number of fused-ring (bicyclic) bond motifs is 5. The first-order chi connectivity index (χ1) is 29.1. The Kier molecular flexibility index (Phi) is 8.20. The highest BCUT2D eigenvalue weighted by molar-refractivity contribution is 5.95. The van der Waals surface area contributed by atoms with E-state index in [0.717, 1.165) is 50.8 Å². The molecule has 1 aliphatic carbocycles. The summed E-state index contributed by atoms with van der Waals surface area (Å²) in [7, 11) is 0. The van der Waals surface area contributed by atoms with Gasteiger partial charge in [0, 0.05) is 5.69 Å². The molecular formula is C57H41NO. The fourth-order valence-electron chi connectivity index (χ4n) is 9.84. The average Bonchev–Trinajstić information content (AvgIpc) is 3.60. The van der Waals surface area contributed by atoms with Crippen molar-refractivity contribution in [3.8, 4) is 56.0 Å². The van der Waals surface area contributed by atoms with Crippen molar-refractivity contribution in [1.82, 2.24) is 0 Å². The van der Waals surface area contributed by atoms with E-state index in [2.05, 4.69) is 231 Å². The van der Waals surface area contributed by atoms with Gasteiger partial charge in [0.1, 0.15) is 0 Å². The van der Waals surface area contributed by atoms with E-state index in [9.17, 15) is 0 Å². The Morgan fingerprint density at radius 2 is 0.864 bits per heavy atom. The summed E-state index contributed by atoms with van der Waals surface area (Å²) in [4.78, 5) is 2.34. The minimum Gasteiger partial charge on any atom is -0.453 e. The van der Waals surface area contributed by atoms with Crippen LogP contribution >= 0.6 is 0 Å². The second kappa shape index (κ2) is 13.9. The quantitative estimate of drug-likeness (QED) is 0.168. The summed E-state index contributed by atoms with van der Waals surface area (Å²) in [5.74, 6) is 1.65. The van der Waals surface area contributed by atoms with Gasteiger partial charge >= 0.3 is 0 Å². The number of hydrogen-bond donors (Lipinski definition) is 0. The van der Waals surface area contributed by atoms with Crippen molar-refractivity contribution in [1.29, 1.82) is 0 Å². The zero-order chi connectivity index (χ0) is 39.5. The SMILES string of the molecule is Cc1cc(C)c2c(c1)-c1cccc(-c3ccc(N4c5ccc(-c6ccccc6)cc5Oc5cc(-c6ccccc6)ccc54)cc3)c1C2(c1ccccc1)c1ccccc1. The van der Waals surface area contributed by atoms with Crippen LogP contribution < -0.4 is 9.64 Å². The number of hydrogen-bond acceptors (Lipinski definition) is 2. The zero-order valence-electron chi connectivity index (χ0n) is 33.1. The molecule has 9 aromatic rings. The Morgan fingerprint density at radius 1 is 0.373 bits per heavy atom. The van der Waals surface area contributed by atoms with Crippen LogP contribution in [-0.4, -0.2) is 0 Å². The second-order valence-corrected chi connectivity index (χ2v) is 15.8. The number of anilines is 3. The number of benzene rings is 9. The fraction of sp³-hybridized carbons (Fsp3) is 0.0526. The summed E-state index contributed by atoms with van der Waals surface area (Å²) in [5, 5.41) is 0. The van der Waals surface area contributed by atoms with Gasteiger partial charge in [-0.25, -0.2) is 0 Å². The van der Waals surface area contributed by atoms with Crippen LogP contribution in [-0.2, 0) is 5.41 Å². The highest BCUT2D eigenvalue weighted by Gasteiger charge is 2.48. The van der Waals surface area contributed by atoms with Crippen LogP contribution in [0.1, 0.15) is 33.4 Å². The molecule has 0 atom stereocenters. The van der Waals surface area contributed by atoms with E-state index in [1.807, 2.05) is 0 Å². The highest BCUT2D eigenvalue weighted by atomic mass is 16.5. The first-order valence-electron chi connectivity index (χ1n) is 20.4. The maximum atomic E-state index is 6.81. The number of nitrogens with zero attached hydrogens (tertiary/aromatic N) is 1. The smallest absolute Gasteiger partial charge is 0.152 e. The molecule has 0 saturated carbocycles. The van der Waals surface area contributed by atoms with Crippen molar-refractivity contribution in [2.75, 3.05) is 4.90 Å². The molecule has 0 bridgehead atoms. The third-order valence-electron chi connectivity index (χ3n) is 12.3. The normalized spacial score (nSPS) is 13.2. The summed E-state index contributed by atoms with van der Waals surface area (Å²) in [6.45, 7) is 4.50. The van der Waals surface area contributed by atoms with Crippen molar-refractivity contribution in [2.45, 2.75) is 19.3 Å². The monoisotopic (exact) mass is 755 g/mol. The van der Waals surface area contributed by atoms with Crippen molar-refractivity contribution < 1.29 is 4.74 Å². The van der Waals surface area contributed by atoms with E-state index >= 15 is 0 Å². The lowest BCUT2D eigenvalue weighted by atomic mass is 9.65. The van der Waals surface area contributed by atoms with Crippen molar-refractivity contribution >= 4 is 17.1 Å². The Morgan fingerprint density at radius 3 is 1.41 bits per heavy atom. The van der Waals surface area contributed by atoms with Gasteiger partial charge in [-0.15, -0.1) is 0 Å². The lowest BCUT2D eigenvalue weighted by molar-refractivity contribution is 0.477. The molecule has 0 saturated heterocycles. The van der Waals surface area contributed by atoms with E-state index < -0.39 is 5.41 Å². The largest absolute Gasteiger partial charge is 0.453 e. The van der Waals surface area contributed by atoms with Crippen molar-refractivity contribution in [3.05, 3.63) is 246 Å². The van der Waals surface area contributed by atoms with Crippen molar-refractivity contribution in [2.24, 2.45) is 0 Å². The molecule has 0 fully saturated rings. The van der Waals surface area contributed by atoms with Gasteiger partial charge in [0.15, 0.2) is 11.5 Å². The van der Waals surface area contributed by atoms with Gasteiger partial charge in [0.25, 0.3) is 0 Å². The minimum absolute atomic E-state index is 0.505. The third-order valence-corrected chi connectivity index (χ3v) is 12.3. The van der Waals surface area contributed by atoms with Gasteiger partial charge in [-0.2, -0.15) is 0 Å². The van der Waals surface area contributed by atoms with Gasteiger partial charge in [-0.3, -0.25) is 0 Å². The third kappa shape index (κ3) is 5.56. The second-order valence-electron chi connectivity index (χ2n) is 15.8. The molecule has 0 spiro atoms. The van der Waals surface area contributed by atoms with Gasteiger partial charge in [0.05, 0.1) is 16.8 Å². The van der Waals surface area contributed by atoms with Gasteiger partial charge in [0.2, 0.25) is 0 Å². The minimum atomic E-state index is -0.505. The predicted octanol–water partition coefficient (Wildman–Crippen LogP) is 15.2. The van der Waals surface area contributed by atoms with Crippen LogP contribution in [0, 0.1) is 13.8 Å². The molecular weight excluding hydrogens is 715 g/mol. The topological polar surface area (TPSA) is 12.5 Å². The molecule has 280 valence electrons. The molecule has 2 nitrogen and oxygen atoms in total. The van der Waals surface area contributed by atoms with Crippen LogP contribution in [0.4, 0.5) is 17.1 Å². The van der Waals surface area contributed by atoms with E-state index in [1.165, 1.54) is 55.6 Å². The van der Waals surface area contributed by atoms with Gasteiger partial charge in [-0.05, 0) is 123 Å². The maximum absolute atomic E-state index is 6.81. The Hall–Kier alpha value is -7.42. The zero-order valence-corrected chi connectivity index (χ0v) is 33.1. The first kappa shape index (κ1) is 34.8. The predicted molar refractivity (Wildman–Crippen MR) is 244 cm³/mol. The number of rotatable bonds is 6. The molecule has 0 N–H and O–H groups in total. The lowest BCUT2D eigenvalue weighted by Gasteiger charge is -2.36. The maximum Gasteiger partial charge on any atom is 0.152 e. The van der Waals surface area contributed by atoms with E-state index in [0.29, 0.717) is 0 Å². The highest BCUT2D eigenvalue weighted by Crippen LogP contribution is 2.60. The van der Waals surface area contributed by atoms with Crippen LogP contribution in [0.2, 0.25) is 0 Å². The fourth-order valence-corrected chi connectivity index (χ4v) is 9.84. The van der Waals surface area contributed by atoms with Crippen LogP contribution in [0.3, 0.4) is 0 Å². The van der Waals surface area contributed by atoms with Crippen LogP contribution in [0.5, 0.6) is 11.5 Å². The summed E-state index contributed by atoms with van der Waals surface area (Å²) in [6, 6.07) is 77.1. The molecule has 2 heteroatoms. The average molecular weight is 756 g/mol. The van der Waals surface area contributed by atoms with Crippen molar-refractivity contribution in [3.63, 3.8) is 0 Å². The van der Waals surface area contributed by atoms with Crippen LogP contribution in [0.25, 0.3) is 44.5 Å².